The average molecular weight is 257 g/mol. The first-order chi connectivity index (χ1) is 9.29. The van der Waals surface area contributed by atoms with Crippen molar-refractivity contribution in [3.05, 3.63) is 47.5 Å². The molecule has 2 aromatic rings. The van der Waals surface area contributed by atoms with Crippen LogP contribution in [0.3, 0.4) is 0 Å². The standard InChI is InChI=1S/C15H19N3O/c1-11(13-5-3-2-4-6-13)15-17-16-14-8-7-12(10-19)9-18(14)15/h2-6,11-12,19H,7-10H2,1H3. The highest BCUT2D eigenvalue weighted by Crippen LogP contribution is 2.27. The number of nitrogens with zero attached hydrogens (tertiary/aromatic N) is 3. The summed E-state index contributed by atoms with van der Waals surface area (Å²) in [5.74, 6) is 2.65. The maximum Gasteiger partial charge on any atom is 0.140 e. The van der Waals surface area contributed by atoms with Gasteiger partial charge in [-0.2, -0.15) is 0 Å². The molecule has 3 rings (SSSR count). The lowest BCUT2D eigenvalue weighted by Gasteiger charge is -2.24. The second-order valence-electron chi connectivity index (χ2n) is 5.30. The summed E-state index contributed by atoms with van der Waals surface area (Å²) in [7, 11) is 0. The Balaban J connectivity index is 1.92. The van der Waals surface area contributed by atoms with Gasteiger partial charge in [-0.1, -0.05) is 37.3 Å². The van der Waals surface area contributed by atoms with Crippen molar-refractivity contribution in [2.75, 3.05) is 6.61 Å². The van der Waals surface area contributed by atoms with Crippen LogP contribution in [0.4, 0.5) is 0 Å². The molecule has 2 unspecified atom stereocenters. The Morgan fingerprint density at radius 1 is 1.32 bits per heavy atom. The molecule has 0 saturated heterocycles. The van der Waals surface area contributed by atoms with Gasteiger partial charge in [-0.05, 0) is 12.0 Å². The van der Waals surface area contributed by atoms with Crippen LogP contribution in [0.1, 0.15) is 36.5 Å². The Bertz CT molecular complexity index is 550. The normalized spacial score (nSPS) is 20.0. The molecule has 4 nitrogen and oxygen atoms in total. The largest absolute Gasteiger partial charge is 0.396 e. The third kappa shape index (κ3) is 2.28. The van der Waals surface area contributed by atoms with Crippen LogP contribution in [0.2, 0.25) is 0 Å². The van der Waals surface area contributed by atoms with Crippen LogP contribution in [0.15, 0.2) is 30.3 Å². The predicted molar refractivity (Wildman–Crippen MR) is 72.9 cm³/mol. The van der Waals surface area contributed by atoms with Crippen LogP contribution in [0.25, 0.3) is 0 Å². The fraction of sp³-hybridized carbons (Fsp3) is 0.467. The highest BCUT2D eigenvalue weighted by molar-refractivity contribution is 5.25. The molecule has 4 heteroatoms. The van der Waals surface area contributed by atoms with Crippen LogP contribution >= 0.6 is 0 Å². The van der Waals surface area contributed by atoms with E-state index in [4.69, 9.17) is 0 Å². The van der Waals surface area contributed by atoms with Crippen LogP contribution in [0.5, 0.6) is 0 Å². The van der Waals surface area contributed by atoms with Gasteiger partial charge in [0.1, 0.15) is 11.6 Å². The molecule has 1 N–H and O–H groups in total. The first-order valence-electron chi connectivity index (χ1n) is 6.87. The molecule has 1 aromatic heterocycles. The van der Waals surface area contributed by atoms with Crippen LogP contribution < -0.4 is 0 Å². The number of aromatic nitrogens is 3. The highest BCUT2D eigenvalue weighted by Gasteiger charge is 2.25. The van der Waals surface area contributed by atoms with E-state index in [1.54, 1.807) is 0 Å². The summed E-state index contributed by atoms with van der Waals surface area (Å²) in [4.78, 5) is 0. The second-order valence-corrected chi connectivity index (χ2v) is 5.30. The molecule has 1 aliphatic rings. The summed E-state index contributed by atoms with van der Waals surface area (Å²) < 4.78 is 2.20. The Kier molecular flexibility index (Phi) is 3.34. The zero-order valence-corrected chi connectivity index (χ0v) is 11.2. The van der Waals surface area contributed by atoms with Gasteiger partial charge < -0.3 is 9.67 Å². The lowest BCUT2D eigenvalue weighted by molar-refractivity contribution is 0.189. The summed E-state index contributed by atoms with van der Waals surface area (Å²) in [5, 5.41) is 18.0. The quantitative estimate of drug-likeness (QED) is 0.914. The number of aliphatic hydroxyl groups excluding tert-OH is 1. The molecule has 0 amide bonds. The van der Waals surface area contributed by atoms with E-state index in [-0.39, 0.29) is 12.5 Å². The van der Waals surface area contributed by atoms with Crippen LogP contribution in [-0.2, 0) is 13.0 Å². The van der Waals surface area contributed by atoms with E-state index >= 15 is 0 Å². The lowest BCUT2D eigenvalue weighted by atomic mass is 9.97. The monoisotopic (exact) mass is 257 g/mol. The molecule has 0 spiro atoms. The topological polar surface area (TPSA) is 50.9 Å². The zero-order valence-electron chi connectivity index (χ0n) is 11.2. The fourth-order valence-electron chi connectivity index (χ4n) is 2.78. The van der Waals surface area contributed by atoms with E-state index in [2.05, 4.69) is 46.0 Å². The molecule has 19 heavy (non-hydrogen) atoms. The van der Waals surface area contributed by atoms with Crippen LogP contribution in [0, 0.1) is 5.92 Å². The third-order valence-electron chi connectivity index (χ3n) is 4.02. The minimum absolute atomic E-state index is 0.236. The number of aliphatic hydroxyl groups is 1. The molecule has 0 aliphatic carbocycles. The molecular weight excluding hydrogens is 238 g/mol. The van der Waals surface area contributed by atoms with Crippen molar-refractivity contribution in [3.8, 4) is 0 Å². The summed E-state index contributed by atoms with van der Waals surface area (Å²) in [6.07, 6.45) is 1.92. The number of rotatable bonds is 3. The smallest absolute Gasteiger partial charge is 0.140 e. The molecule has 0 fully saturated rings. The van der Waals surface area contributed by atoms with E-state index in [1.807, 2.05) is 6.07 Å². The minimum Gasteiger partial charge on any atom is -0.396 e. The number of aryl methyl sites for hydroxylation is 1. The van der Waals surface area contributed by atoms with Gasteiger partial charge in [-0.3, -0.25) is 0 Å². The molecule has 0 saturated carbocycles. The Hall–Kier alpha value is -1.68. The summed E-state index contributed by atoms with van der Waals surface area (Å²) >= 11 is 0. The summed E-state index contributed by atoms with van der Waals surface area (Å²) in [6.45, 7) is 3.25. The van der Waals surface area contributed by atoms with Gasteiger partial charge >= 0.3 is 0 Å². The molecule has 100 valence electrons. The van der Waals surface area contributed by atoms with E-state index in [9.17, 15) is 5.11 Å². The summed E-state index contributed by atoms with van der Waals surface area (Å²) in [5.41, 5.74) is 1.25. The maximum absolute atomic E-state index is 9.35. The van der Waals surface area contributed by atoms with Crippen molar-refractivity contribution in [1.29, 1.82) is 0 Å². The summed E-state index contributed by atoms with van der Waals surface area (Å²) in [6, 6.07) is 10.4. The number of fused-ring (bicyclic) bond motifs is 1. The van der Waals surface area contributed by atoms with Crippen LogP contribution in [-0.4, -0.2) is 26.5 Å². The van der Waals surface area contributed by atoms with Gasteiger partial charge in [0.25, 0.3) is 0 Å². The molecule has 1 aliphatic heterocycles. The van der Waals surface area contributed by atoms with E-state index in [1.165, 1.54) is 5.56 Å². The maximum atomic E-state index is 9.35. The van der Waals surface area contributed by atoms with Gasteiger partial charge in [0.05, 0.1) is 0 Å². The molecule has 0 bridgehead atoms. The number of hydrogen-bond donors (Lipinski definition) is 1. The van der Waals surface area contributed by atoms with Crippen molar-refractivity contribution in [3.63, 3.8) is 0 Å². The van der Waals surface area contributed by atoms with Crippen molar-refractivity contribution >= 4 is 0 Å². The van der Waals surface area contributed by atoms with Crippen molar-refractivity contribution in [2.24, 2.45) is 5.92 Å². The minimum atomic E-state index is 0.236. The van der Waals surface area contributed by atoms with Gasteiger partial charge in [0.2, 0.25) is 0 Å². The molecule has 0 radical (unpaired) electrons. The Labute approximate surface area is 113 Å². The lowest BCUT2D eigenvalue weighted by Crippen LogP contribution is -2.25. The molecular formula is C15H19N3O. The molecule has 1 aromatic carbocycles. The highest BCUT2D eigenvalue weighted by atomic mass is 16.3. The van der Waals surface area contributed by atoms with Crippen molar-refractivity contribution in [2.45, 2.75) is 32.2 Å². The molecule has 2 heterocycles. The predicted octanol–water partition coefficient (Wildman–Crippen LogP) is 1.98. The fourth-order valence-corrected chi connectivity index (χ4v) is 2.78. The van der Waals surface area contributed by atoms with Gasteiger partial charge in [0.15, 0.2) is 0 Å². The SMILES string of the molecule is CC(c1ccccc1)c1nnc2n1CC(CO)CC2. The average Bonchev–Trinajstić information content (AvgIpc) is 2.90. The van der Waals surface area contributed by atoms with Gasteiger partial charge in [0, 0.05) is 31.4 Å². The van der Waals surface area contributed by atoms with Gasteiger partial charge in [-0.25, -0.2) is 0 Å². The Morgan fingerprint density at radius 3 is 2.84 bits per heavy atom. The first kappa shape index (κ1) is 12.4. The number of benzene rings is 1. The number of hydrogen-bond acceptors (Lipinski definition) is 3. The van der Waals surface area contributed by atoms with E-state index in [0.717, 1.165) is 31.0 Å². The second kappa shape index (κ2) is 5.13. The van der Waals surface area contributed by atoms with E-state index in [0.29, 0.717) is 5.92 Å². The van der Waals surface area contributed by atoms with Crippen molar-refractivity contribution in [1.82, 2.24) is 14.8 Å². The third-order valence-corrected chi connectivity index (χ3v) is 4.02. The van der Waals surface area contributed by atoms with Gasteiger partial charge in [-0.15, -0.1) is 10.2 Å². The van der Waals surface area contributed by atoms with Crippen molar-refractivity contribution < 1.29 is 5.11 Å². The first-order valence-corrected chi connectivity index (χ1v) is 6.87. The zero-order chi connectivity index (χ0) is 13.2. The Morgan fingerprint density at radius 2 is 2.11 bits per heavy atom. The molecule has 2 atom stereocenters. The van der Waals surface area contributed by atoms with E-state index < -0.39 is 0 Å².